The summed E-state index contributed by atoms with van der Waals surface area (Å²) in [6, 6.07) is 17.6. The maximum absolute atomic E-state index is 6.47. The molecular weight excluding hydrogens is 510 g/mol. The van der Waals surface area contributed by atoms with Crippen LogP contribution in [0.4, 0.5) is 17.3 Å². The van der Waals surface area contributed by atoms with Crippen molar-refractivity contribution in [3.8, 4) is 6.01 Å². The average Bonchev–Trinajstić information content (AvgIpc) is 3.59. The number of rotatable bonds is 8. The molecule has 0 aliphatic carbocycles. The predicted octanol–water partition coefficient (Wildman–Crippen LogP) is 5.35. The van der Waals surface area contributed by atoms with Gasteiger partial charge in [-0.1, -0.05) is 43.3 Å². The summed E-state index contributed by atoms with van der Waals surface area (Å²) in [5.74, 6) is 1.38. The number of aryl methyl sites for hydroxylation is 1. The number of hydrogen-bond donors (Lipinski definition) is 2. The molecule has 41 heavy (non-hydrogen) atoms. The Kier molecular flexibility index (Phi) is 6.87. The van der Waals surface area contributed by atoms with Crippen LogP contribution in [0.1, 0.15) is 55.0 Å². The third-order valence-electron chi connectivity index (χ3n) is 9.39. The summed E-state index contributed by atoms with van der Waals surface area (Å²) in [7, 11) is 0. The van der Waals surface area contributed by atoms with Crippen LogP contribution in [0.2, 0.25) is 0 Å². The molecule has 8 nitrogen and oxygen atoms in total. The smallest absolute Gasteiger partial charge is 0.318 e. The summed E-state index contributed by atoms with van der Waals surface area (Å²) < 4.78 is 6.47. The highest BCUT2D eigenvalue weighted by Crippen LogP contribution is 2.39. The second-order valence-electron chi connectivity index (χ2n) is 11.7. The maximum Gasteiger partial charge on any atom is 0.318 e. The number of aromatic nitrogens is 3. The fourth-order valence-electron chi connectivity index (χ4n) is 7.22. The van der Waals surface area contributed by atoms with Crippen molar-refractivity contribution in [1.29, 1.82) is 0 Å². The summed E-state index contributed by atoms with van der Waals surface area (Å²) in [5.41, 5.74) is 12.1. The van der Waals surface area contributed by atoms with Crippen LogP contribution >= 0.6 is 0 Å². The first-order valence-electron chi connectivity index (χ1n) is 15.1. The summed E-state index contributed by atoms with van der Waals surface area (Å²) in [6.45, 7) is 7.39. The minimum Gasteiger partial charge on any atom is -0.461 e. The third kappa shape index (κ3) is 4.84. The van der Waals surface area contributed by atoms with Crippen LogP contribution < -0.4 is 20.7 Å². The van der Waals surface area contributed by atoms with Gasteiger partial charge in [-0.05, 0) is 74.7 Å². The number of pyridine rings is 1. The van der Waals surface area contributed by atoms with Crippen LogP contribution in [0, 0.1) is 0 Å². The van der Waals surface area contributed by atoms with E-state index in [0.29, 0.717) is 31.5 Å². The van der Waals surface area contributed by atoms with Crippen LogP contribution in [0.5, 0.6) is 6.01 Å². The number of nitrogen functional groups attached to an aromatic ring is 1. The van der Waals surface area contributed by atoms with Crippen molar-refractivity contribution in [3.63, 3.8) is 0 Å². The van der Waals surface area contributed by atoms with E-state index in [0.717, 1.165) is 42.0 Å². The number of nitrogens with two attached hydrogens (primary N) is 1. The molecule has 5 heterocycles. The van der Waals surface area contributed by atoms with E-state index in [9.17, 15) is 0 Å². The highest BCUT2D eigenvalue weighted by molar-refractivity contribution is 5.97. The quantitative estimate of drug-likeness (QED) is 0.304. The van der Waals surface area contributed by atoms with E-state index in [1.807, 2.05) is 12.1 Å². The Morgan fingerprint density at radius 3 is 2.59 bits per heavy atom. The Bertz CT molecular complexity index is 1560. The minimum absolute atomic E-state index is 0.141. The molecule has 3 aliphatic rings. The highest BCUT2D eigenvalue weighted by atomic mass is 16.5. The van der Waals surface area contributed by atoms with Crippen molar-refractivity contribution in [1.82, 2.24) is 19.9 Å². The van der Waals surface area contributed by atoms with Gasteiger partial charge in [-0.2, -0.15) is 9.97 Å². The zero-order valence-electron chi connectivity index (χ0n) is 23.9. The molecule has 0 atom stereocenters. The first-order chi connectivity index (χ1) is 20.1. The number of nitrogens with one attached hydrogen (secondary N) is 1. The second-order valence-corrected chi connectivity index (χ2v) is 11.7. The molecule has 212 valence electrons. The topological polar surface area (TPSA) is 92.4 Å². The summed E-state index contributed by atoms with van der Waals surface area (Å²) in [4.78, 5) is 19.3. The summed E-state index contributed by atoms with van der Waals surface area (Å²) in [6.07, 6.45) is 8.45. The van der Waals surface area contributed by atoms with Gasteiger partial charge in [0.05, 0.1) is 17.8 Å². The standard InChI is InChI=1S/C33H39N7O/c1-2-23-8-3-9-24-10-4-12-28(29(23)24)39-19-13-26-27(21-39)37-32(41-22-33-14-6-17-40(33)18-7-15-33)38-31(26)36-20-25-11-5-16-35-30(25)34/h3-5,8-12,16H,2,6-7,13-15,17-22H2,1H3,(H2,34,35)(H,36,37,38). The van der Waals surface area contributed by atoms with Crippen LogP contribution in [-0.2, 0) is 25.9 Å². The molecule has 2 aromatic heterocycles. The molecule has 8 heteroatoms. The van der Waals surface area contributed by atoms with Crippen molar-refractivity contribution < 1.29 is 4.74 Å². The lowest BCUT2D eigenvalue weighted by Gasteiger charge is -2.33. The van der Waals surface area contributed by atoms with Gasteiger partial charge in [0.15, 0.2) is 0 Å². The normalized spacial score (nSPS) is 17.9. The zero-order chi connectivity index (χ0) is 27.8. The SMILES string of the molecule is CCc1cccc2cccc(N3CCc4c(nc(OCC56CCCN5CCC6)nc4NCc4cccnc4N)C3)c12. The van der Waals surface area contributed by atoms with Crippen molar-refractivity contribution in [2.24, 2.45) is 0 Å². The highest BCUT2D eigenvalue weighted by Gasteiger charge is 2.45. The Labute approximate surface area is 242 Å². The fraction of sp³-hybridized carbons (Fsp3) is 0.424. The van der Waals surface area contributed by atoms with Gasteiger partial charge in [0.2, 0.25) is 0 Å². The van der Waals surface area contributed by atoms with E-state index in [1.165, 1.54) is 60.8 Å². The molecule has 3 N–H and O–H groups in total. The van der Waals surface area contributed by atoms with Gasteiger partial charge in [-0.25, -0.2) is 4.98 Å². The molecular formula is C33H39N7O. The Balaban J connectivity index is 1.21. The minimum atomic E-state index is 0.141. The first-order valence-corrected chi connectivity index (χ1v) is 15.1. The summed E-state index contributed by atoms with van der Waals surface area (Å²) in [5, 5.41) is 6.20. The molecule has 0 radical (unpaired) electrons. The average molecular weight is 550 g/mol. The van der Waals surface area contributed by atoms with Crippen LogP contribution in [0.3, 0.4) is 0 Å². The molecule has 2 fully saturated rings. The van der Waals surface area contributed by atoms with E-state index in [-0.39, 0.29) is 5.54 Å². The Hall–Kier alpha value is -3.91. The van der Waals surface area contributed by atoms with Crippen molar-refractivity contribution in [2.75, 3.05) is 42.2 Å². The largest absolute Gasteiger partial charge is 0.461 e. The number of anilines is 3. The molecule has 0 amide bonds. The Morgan fingerprint density at radius 2 is 1.78 bits per heavy atom. The molecule has 7 rings (SSSR count). The van der Waals surface area contributed by atoms with E-state index >= 15 is 0 Å². The number of hydrogen-bond acceptors (Lipinski definition) is 8. The van der Waals surface area contributed by atoms with Gasteiger partial charge in [-0.3, -0.25) is 4.90 Å². The molecule has 0 saturated carbocycles. The summed E-state index contributed by atoms with van der Waals surface area (Å²) >= 11 is 0. The molecule has 2 aromatic carbocycles. The van der Waals surface area contributed by atoms with Crippen molar-refractivity contribution >= 4 is 28.1 Å². The van der Waals surface area contributed by atoms with E-state index < -0.39 is 0 Å². The molecule has 0 bridgehead atoms. The zero-order valence-corrected chi connectivity index (χ0v) is 23.9. The van der Waals surface area contributed by atoms with Gasteiger partial charge >= 0.3 is 6.01 Å². The lowest BCUT2D eigenvalue weighted by Crippen LogP contribution is -2.43. The van der Waals surface area contributed by atoms with Gasteiger partial charge < -0.3 is 20.7 Å². The van der Waals surface area contributed by atoms with Gasteiger partial charge in [0.25, 0.3) is 0 Å². The van der Waals surface area contributed by atoms with Crippen LogP contribution in [0.15, 0.2) is 54.7 Å². The van der Waals surface area contributed by atoms with Gasteiger partial charge in [-0.15, -0.1) is 0 Å². The monoisotopic (exact) mass is 549 g/mol. The molecule has 3 aliphatic heterocycles. The van der Waals surface area contributed by atoms with E-state index in [1.54, 1.807) is 6.20 Å². The number of benzene rings is 2. The fourth-order valence-corrected chi connectivity index (χ4v) is 7.22. The number of ether oxygens (including phenoxy) is 1. The van der Waals surface area contributed by atoms with E-state index in [4.69, 9.17) is 20.4 Å². The van der Waals surface area contributed by atoms with Gasteiger partial charge in [0, 0.05) is 41.5 Å². The molecule has 0 unspecified atom stereocenters. The van der Waals surface area contributed by atoms with Crippen LogP contribution in [-0.4, -0.2) is 51.6 Å². The lowest BCUT2D eigenvalue weighted by molar-refractivity contribution is 0.107. The number of nitrogens with zero attached hydrogens (tertiary/aromatic N) is 5. The maximum atomic E-state index is 6.47. The van der Waals surface area contributed by atoms with E-state index in [2.05, 4.69) is 63.4 Å². The molecule has 2 saturated heterocycles. The molecule has 4 aromatic rings. The first kappa shape index (κ1) is 26.0. The van der Waals surface area contributed by atoms with Gasteiger partial charge in [0.1, 0.15) is 18.2 Å². The second kappa shape index (κ2) is 10.8. The third-order valence-corrected chi connectivity index (χ3v) is 9.39. The predicted molar refractivity (Wildman–Crippen MR) is 164 cm³/mol. The lowest BCUT2D eigenvalue weighted by atomic mass is 9.95. The van der Waals surface area contributed by atoms with Crippen LogP contribution in [0.25, 0.3) is 10.8 Å². The van der Waals surface area contributed by atoms with Crippen molar-refractivity contribution in [3.05, 3.63) is 77.1 Å². The number of fused-ring (bicyclic) bond motifs is 3. The Morgan fingerprint density at radius 1 is 0.976 bits per heavy atom. The van der Waals surface area contributed by atoms with Crippen molar-refractivity contribution in [2.45, 2.75) is 64.1 Å². The molecule has 0 spiro atoms.